The third-order valence-corrected chi connectivity index (χ3v) is 2.45. The van der Waals surface area contributed by atoms with Crippen molar-refractivity contribution >= 4 is 18.2 Å². The van der Waals surface area contributed by atoms with Gasteiger partial charge in [-0.15, -0.1) is 0 Å². The summed E-state index contributed by atoms with van der Waals surface area (Å²) in [5, 5.41) is 62.8. The predicted molar refractivity (Wildman–Crippen MR) is 60.7 cm³/mol. The van der Waals surface area contributed by atoms with Gasteiger partial charge in [0.15, 0.2) is 24.6 Å². The molecule has 21 heavy (non-hydrogen) atoms. The van der Waals surface area contributed by atoms with Crippen molar-refractivity contribution in [2.75, 3.05) is 6.61 Å². The average Bonchev–Trinajstić information content (AvgIpc) is 2.48. The van der Waals surface area contributed by atoms with Crippen molar-refractivity contribution in [3.63, 3.8) is 0 Å². The fourth-order valence-electron chi connectivity index (χ4n) is 1.18. The number of aliphatic carboxylic acids is 1. The van der Waals surface area contributed by atoms with Crippen LogP contribution in [0.25, 0.3) is 0 Å². The van der Waals surface area contributed by atoms with E-state index < -0.39 is 55.2 Å². The summed E-state index contributed by atoms with van der Waals surface area (Å²) in [5.41, 5.74) is 0. The van der Waals surface area contributed by atoms with Gasteiger partial charge in [0, 0.05) is 0 Å². The predicted octanol–water partition coefficient (Wildman–Crippen LogP) is -5.02. The molecule has 0 aromatic carbocycles. The number of aliphatic hydroxyl groups is 6. The quantitative estimate of drug-likeness (QED) is 0.158. The SMILES string of the molecule is O=C[C@H](OC(=O)C(O)C(O)C(=O)O)[C@@H](O)[C@H](O)[C@H](O)CO. The van der Waals surface area contributed by atoms with Crippen LogP contribution in [-0.4, -0.2) is 97.2 Å². The summed E-state index contributed by atoms with van der Waals surface area (Å²) < 4.78 is 4.23. The first kappa shape index (κ1) is 19.4. The zero-order chi connectivity index (χ0) is 16.7. The third-order valence-electron chi connectivity index (χ3n) is 2.45. The van der Waals surface area contributed by atoms with Crippen LogP contribution in [0, 0.1) is 0 Å². The van der Waals surface area contributed by atoms with Crippen molar-refractivity contribution in [1.29, 1.82) is 0 Å². The lowest BCUT2D eigenvalue weighted by atomic mass is 10.0. The third kappa shape index (κ3) is 5.34. The van der Waals surface area contributed by atoms with Gasteiger partial charge in [-0.1, -0.05) is 0 Å². The van der Waals surface area contributed by atoms with Crippen LogP contribution in [0.3, 0.4) is 0 Å². The minimum absolute atomic E-state index is 0.157. The first-order valence-corrected chi connectivity index (χ1v) is 5.57. The Hall–Kier alpha value is -1.63. The number of carboxylic acid groups (broad SMARTS) is 1. The number of aldehydes is 1. The van der Waals surface area contributed by atoms with E-state index in [1.54, 1.807) is 0 Å². The number of hydrogen-bond acceptors (Lipinski definition) is 10. The Balaban J connectivity index is 4.80. The van der Waals surface area contributed by atoms with Crippen molar-refractivity contribution in [1.82, 2.24) is 0 Å². The summed E-state index contributed by atoms with van der Waals surface area (Å²) in [7, 11) is 0. The molecule has 0 aromatic heterocycles. The second kappa shape index (κ2) is 8.61. The van der Waals surface area contributed by atoms with E-state index in [1.165, 1.54) is 0 Å². The molecular weight excluding hydrogens is 296 g/mol. The van der Waals surface area contributed by atoms with Crippen LogP contribution in [0.1, 0.15) is 0 Å². The molecule has 0 saturated heterocycles. The smallest absolute Gasteiger partial charge is 0.339 e. The number of aliphatic hydroxyl groups excluding tert-OH is 6. The van der Waals surface area contributed by atoms with E-state index in [4.69, 9.17) is 25.5 Å². The monoisotopic (exact) mass is 312 g/mol. The molecule has 6 atom stereocenters. The zero-order valence-corrected chi connectivity index (χ0v) is 10.5. The van der Waals surface area contributed by atoms with Crippen LogP contribution >= 0.6 is 0 Å². The minimum atomic E-state index is -2.53. The topological polar surface area (TPSA) is 202 Å². The molecule has 122 valence electrons. The molecule has 0 heterocycles. The van der Waals surface area contributed by atoms with Gasteiger partial charge < -0.3 is 40.5 Å². The van der Waals surface area contributed by atoms with Gasteiger partial charge in [0.05, 0.1) is 6.61 Å². The normalized spacial score (nSPS) is 19.7. The van der Waals surface area contributed by atoms with E-state index in [1.807, 2.05) is 0 Å². The molecule has 0 amide bonds. The summed E-state index contributed by atoms with van der Waals surface area (Å²) in [6.07, 6.45) is -13.3. The lowest BCUT2D eigenvalue weighted by Crippen LogP contribution is -2.50. The molecule has 0 aromatic rings. The maximum Gasteiger partial charge on any atom is 0.339 e. The molecule has 7 N–H and O–H groups in total. The average molecular weight is 312 g/mol. The fourth-order valence-corrected chi connectivity index (χ4v) is 1.18. The molecule has 0 saturated carbocycles. The van der Waals surface area contributed by atoms with Gasteiger partial charge in [-0.2, -0.15) is 0 Å². The van der Waals surface area contributed by atoms with Crippen LogP contribution < -0.4 is 0 Å². The van der Waals surface area contributed by atoms with Crippen LogP contribution in [0.4, 0.5) is 0 Å². The molecule has 0 spiro atoms. The second-order valence-electron chi connectivity index (χ2n) is 4.00. The molecule has 0 aliphatic heterocycles. The standard InChI is InChI=1S/C10H16O11/c11-1-3(13)5(14)6(15)4(2-12)21-10(20)8(17)7(16)9(18)19/h2-8,11,13-17H,1H2,(H,18,19)/t3-,4+,5-,6-,7?,8?/m1/s1. The Morgan fingerprint density at radius 1 is 1.00 bits per heavy atom. The van der Waals surface area contributed by atoms with E-state index >= 15 is 0 Å². The van der Waals surface area contributed by atoms with Crippen molar-refractivity contribution in [3.05, 3.63) is 0 Å². The Kier molecular flexibility index (Phi) is 7.94. The van der Waals surface area contributed by atoms with E-state index in [0.29, 0.717) is 0 Å². The highest BCUT2D eigenvalue weighted by molar-refractivity contribution is 5.85. The number of esters is 1. The molecule has 0 aliphatic rings. The molecule has 0 fully saturated rings. The highest BCUT2D eigenvalue weighted by atomic mass is 16.6. The molecule has 11 nitrogen and oxygen atoms in total. The maximum atomic E-state index is 11.3. The number of rotatable bonds is 9. The molecule has 0 aliphatic carbocycles. The summed E-state index contributed by atoms with van der Waals surface area (Å²) in [4.78, 5) is 32.3. The van der Waals surface area contributed by atoms with Crippen LogP contribution in [0.5, 0.6) is 0 Å². The maximum absolute atomic E-state index is 11.3. The van der Waals surface area contributed by atoms with Gasteiger partial charge in [0.2, 0.25) is 0 Å². The molecular formula is C10H16O11. The summed E-state index contributed by atoms with van der Waals surface area (Å²) >= 11 is 0. The molecule has 0 radical (unpaired) electrons. The summed E-state index contributed by atoms with van der Waals surface area (Å²) in [6.45, 7) is -0.960. The lowest BCUT2D eigenvalue weighted by molar-refractivity contribution is -0.183. The Bertz CT molecular complexity index is 370. The molecule has 0 rings (SSSR count). The van der Waals surface area contributed by atoms with Gasteiger partial charge in [0.25, 0.3) is 0 Å². The number of carboxylic acids is 1. The van der Waals surface area contributed by atoms with Crippen LogP contribution in [0.15, 0.2) is 0 Å². The van der Waals surface area contributed by atoms with Gasteiger partial charge in [-0.05, 0) is 0 Å². The van der Waals surface area contributed by atoms with Gasteiger partial charge in [-0.25, -0.2) is 9.59 Å². The van der Waals surface area contributed by atoms with E-state index in [9.17, 15) is 24.6 Å². The molecule has 11 heteroatoms. The minimum Gasteiger partial charge on any atom is -0.479 e. The van der Waals surface area contributed by atoms with E-state index in [2.05, 4.69) is 4.74 Å². The fraction of sp³-hybridized carbons (Fsp3) is 0.700. The first-order chi connectivity index (χ1) is 9.67. The Morgan fingerprint density at radius 3 is 1.90 bits per heavy atom. The number of carbonyl (C=O) groups excluding carboxylic acids is 2. The number of ether oxygens (including phenoxy) is 1. The lowest BCUT2D eigenvalue weighted by Gasteiger charge is -2.26. The summed E-state index contributed by atoms with van der Waals surface area (Å²) in [5.74, 6) is -3.68. The summed E-state index contributed by atoms with van der Waals surface area (Å²) in [6, 6.07) is 0. The van der Waals surface area contributed by atoms with Crippen LogP contribution in [-0.2, 0) is 19.1 Å². The molecule has 2 unspecified atom stereocenters. The van der Waals surface area contributed by atoms with Gasteiger partial charge >= 0.3 is 11.9 Å². The zero-order valence-electron chi connectivity index (χ0n) is 10.5. The van der Waals surface area contributed by atoms with Crippen molar-refractivity contribution in [2.24, 2.45) is 0 Å². The van der Waals surface area contributed by atoms with Crippen molar-refractivity contribution in [2.45, 2.75) is 36.6 Å². The number of carbonyl (C=O) groups is 3. The van der Waals surface area contributed by atoms with E-state index in [0.717, 1.165) is 0 Å². The van der Waals surface area contributed by atoms with Crippen molar-refractivity contribution < 1.29 is 54.9 Å². The van der Waals surface area contributed by atoms with E-state index in [-0.39, 0.29) is 6.29 Å². The Morgan fingerprint density at radius 2 is 1.52 bits per heavy atom. The number of hydrogen-bond donors (Lipinski definition) is 7. The highest BCUT2D eigenvalue weighted by Crippen LogP contribution is 2.09. The second-order valence-corrected chi connectivity index (χ2v) is 4.00. The van der Waals surface area contributed by atoms with Gasteiger partial charge in [-0.3, -0.25) is 4.79 Å². The first-order valence-electron chi connectivity index (χ1n) is 5.57. The van der Waals surface area contributed by atoms with Crippen LogP contribution in [0.2, 0.25) is 0 Å². The van der Waals surface area contributed by atoms with Crippen molar-refractivity contribution in [3.8, 4) is 0 Å². The van der Waals surface area contributed by atoms with Gasteiger partial charge in [0.1, 0.15) is 18.3 Å². The molecule has 0 bridgehead atoms. The Labute approximate surface area is 117 Å². The highest BCUT2D eigenvalue weighted by Gasteiger charge is 2.37. The largest absolute Gasteiger partial charge is 0.479 e.